The molecule has 0 amide bonds. The highest BCUT2D eigenvalue weighted by Gasteiger charge is 2.51. The van der Waals surface area contributed by atoms with Crippen molar-refractivity contribution in [2.24, 2.45) is 5.92 Å². The second-order valence-corrected chi connectivity index (χ2v) is 7.51. The lowest BCUT2D eigenvalue weighted by Gasteiger charge is -2.45. The standard InChI is InChI=1S/C23H24F3NO/c24-23(25,26)19-16-20(17-10-4-1-5-11-17)28-22(27-14-8-3-9-15-27)21(19)18-12-6-2-7-13-18/h1-2,4-7,10-13,16,19,21-22H,3,8-9,14-15H2/t19-,21+,22+/m0/s1. The lowest BCUT2D eigenvalue weighted by Crippen LogP contribution is -2.50. The van der Waals surface area contributed by atoms with Crippen molar-refractivity contribution in [1.82, 2.24) is 4.90 Å². The summed E-state index contributed by atoms with van der Waals surface area (Å²) in [5.74, 6) is -2.05. The minimum absolute atomic E-state index is 0.325. The van der Waals surface area contributed by atoms with E-state index in [2.05, 4.69) is 4.90 Å². The molecule has 3 atom stereocenters. The molecule has 0 radical (unpaired) electrons. The Morgan fingerprint density at radius 2 is 1.43 bits per heavy atom. The Morgan fingerprint density at radius 3 is 2.04 bits per heavy atom. The van der Waals surface area contributed by atoms with Gasteiger partial charge >= 0.3 is 6.18 Å². The van der Waals surface area contributed by atoms with Crippen LogP contribution in [0.25, 0.3) is 5.76 Å². The number of rotatable bonds is 3. The Kier molecular flexibility index (Phi) is 5.44. The fraction of sp³-hybridized carbons (Fsp3) is 0.391. The van der Waals surface area contributed by atoms with Crippen molar-refractivity contribution in [1.29, 1.82) is 0 Å². The van der Waals surface area contributed by atoms with Gasteiger partial charge in [-0.15, -0.1) is 0 Å². The van der Waals surface area contributed by atoms with E-state index >= 15 is 0 Å². The van der Waals surface area contributed by atoms with Crippen LogP contribution >= 0.6 is 0 Å². The number of likely N-dealkylation sites (tertiary alicyclic amines) is 1. The van der Waals surface area contributed by atoms with Crippen molar-refractivity contribution in [3.63, 3.8) is 0 Å². The quantitative estimate of drug-likeness (QED) is 0.657. The topological polar surface area (TPSA) is 12.5 Å². The number of piperidine rings is 1. The summed E-state index contributed by atoms with van der Waals surface area (Å²) < 4.78 is 48.9. The molecule has 2 nitrogen and oxygen atoms in total. The zero-order valence-corrected chi connectivity index (χ0v) is 15.6. The molecule has 0 saturated carbocycles. The van der Waals surface area contributed by atoms with Gasteiger partial charge in [0.15, 0.2) is 6.23 Å². The molecule has 148 valence electrons. The number of allylic oxidation sites excluding steroid dienone is 1. The molecule has 0 bridgehead atoms. The van der Waals surface area contributed by atoms with Crippen molar-refractivity contribution in [3.8, 4) is 0 Å². The van der Waals surface area contributed by atoms with Crippen LogP contribution in [0.2, 0.25) is 0 Å². The molecule has 1 saturated heterocycles. The molecule has 0 aliphatic carbocycles. The molecule has 2 heterocycles. The van der Waals surface area contributed by atoms with Gasteiger partial charge in [-0.2, -0.15) is 13.2 Å². The molecule has 28 heavy (non-hydrogen) atoms. The number of benzene rings is 2. The molecule has 0 spiro atoms. The Bertz CT molecular complexity index is 798. The average molecular weight is 387 g/mol. The first-order chi connectivity index (χ1) is 13.5. The van der Waals surface area contributed by atoms with E-state index in [1.165, 1.54) is 6.08 Å². The van der Waals surface area contributed by atoms with E-state index in [9.17, 15) is 13.2 Å². The summed E-state index contributed by atoms with van der Waals surface area (Å²) in [7, 11) is 0. The van der Waals surface area contributed by atoms with Gasteiger partial charge in [-0.1, -0.05) is 67.1 Å². The summed E-state index contributed by atoms with van der Waals surface area (Å²) in [6.45, 7) is 1.53. The number of alkyl halides is 3. The molecule has 5 heteroatoms. The highest BCUT2D eigenvalue weighted by molar-refractivity contribution is 5.61. The van der Waals surface area contributed by atoms with Gasteiger partial charge in [0.25, 0.3) is 0 Å². The van der Waals surface area contributed by atoms with Crippen molar-refractivity contribution in [2.75, 3.05) is 13.1 Å². The van der Waals surface area contributed by atoms with Gasteiger partial charge in [-0.25, -0.2) is 0 Å². The number of halogens is 3. The van der Waals surface area contributed by atoms with E-state index in [0.29, 0.717) is 16.9 Å². The monoisotopic (exact) mass is 387 g/mol. The second-order valence-electron chi connectivity index (χ2n) is 7.51. The number of nitrogens with zero attached hydrogens (tertiary/aromatic N) is 1. The summed E-state index contributed by atoms with van der Waals surface area (Å²) in [5, 5.41) is 0. The molecule has 0 aromatic heterocycles. The van der Waals surface area contributed by atoms with Gasteiger partial charge in [-0.05, 0) is 24.5 Å². The van der Waals surface area contributed by atoms with E-state index in [0.717, 1.165) is 32.4 Å². The zero-order valence-electron chi connectivity index (χ0n) is 15.6. The summed E-state index contributed by atoms with van der Waals surface area (Å²) in [6, 6.07) is 18.1. The van der Waals surface area contributed by atoms with Crippen molar-refractivity contribution >= 4 is 5.76 Å². The largest absolute Gasteiger partial charge is 0.474 e. The molecule has 0 N–H and O–H groups in total. The van der Waals surface area contributed by atoms with Crippen LogP contribution in [0.5, 0.6) is 0 Å². The smallest absolute Gasteiger partial charge is 0.396 e. The molecule has 2 aromatic carbocycles. The Hall–Kier alpha value is -2.27. The summed E-state index contributed by atoms with van der Waals surface area (Å²) in [5.41, 5.74) is 1.36. The summed E-state index contributed by atoms with van der Waals surface area (Å²) in [4.78, 5) is 2.09. The molecular formula is C23H24F3NO. The normalized spacial score (nSPS) is 26.4. The molecule has 4 rings (SSSR count). The van der Waals surface area contributed by atoms with E-state index < -0.39 is 24.2 Å². The lowest BCUT2D eigenvalue weighted by atomic mass is 9.80. The number of ether oxygens (including phenoxy) is 1. The molecule has 1 fully saturated rings. The fourth-order valence-electron chi connectivity index (χ4n) is 4.27. The minimum atomic E-state index is -4.35. The van der Waals surface area contributed by atoms with E-state index in [1.54, 1.807) is 36.4 Å². The summed E-state index contributed by atoms with van der Waals surface area (Å²) >= 11 is 0. The zero-order chi connectivity index (χ0) is 19.6. The van der Waals surface area contributed by atoms with E-state index in [1.807, 2.05) is 24.3 Å². The maximum Gasteiger partial charge on any atom is 0.396 e. The predicted octanol–water partition coefficient (Wildman–Crippen LogP) is 5.83. The molecule has 2 aromatic rings. The van der Waals surface area contributed by atoms with Crippen LogP contribution in [0.15, 0.2) is 66.7 Å². The Balaban J connectivity index is 1.80. The van der Waals surface area contributed by atoms with Gasteiger partial charge in [0, 0.05) is 18.7 Å². The molecular weight excluding hydrogens is 363 g/mol. The first kappa shape index (κ1) is 19.1. The number of hydrogen-bond donors (Lipinski definition) is 0. The van der Waals surface area contributed by atoms with Gasteiger partial charge in [0.05, 0.1) is 11.8 Å². The van der Waals surface area contributed by atoms with Gasteiger partial charge < -0.3 is 4.74 Å². The highest BCUT2D eigenvalue weighted by Crippen LogP contribution is 2.47. The second kappa shape index (κ2) is 8.00. The highest BCUT2D eigenvalue weighted by atomic mass is 19.4. The average Bonchev–Trinajstić information content (AvgIpc) is 2.74. The van der Waals surface area contributed by atoms with Gasteiger partial charge in [0.2, 0.25) is 0 Å². The first-order valence-electron chi connectivity index (χ1n) is 9.83. The molecule has 2 aliphatic heterocycles. The Morgan fingerprint density at radius 1 is 0.821 bits per heavy atom. The maximum absolute atomic E-state index is 14.2. The van der Waals surface area contributed by atoms with Crippen LogP contribution in [0.1, 0.15) is 36.3 Å². The van der Waals surface area contributed by atoms with Crippen LogP contribution in [0, 0.1) is 5.92 Å². The Labute approximate surface area is 163 Å². The first-order valence-corrected chi connectivity index (χ1v) is 9.83. The van der Waals surface area contributed by atoms with E-state index in [4.69, 9.17) is 4.74 Å². The minimum Gasteiger partial charge on any atom is -0.474 e. The third kappa shape index (κ3) is 3.95. The third-order valence-electron chi connectivity index (χ3n) is 5.64. The third-order valence-corrected chi connectivity index (χ3v) is 5.64. The SMILES string of the molecule is FC(F)(F)[C@H]1C=C(c2ccccc2)O[C@@H](N2CCCCC2)[C@@H]1c1ccccc1. The van der Waals surface area contributed by atoms with Crippen LogP contribution < -0.4 is 0 Å². The van der Waals surface area contributed by atoms with Crippen molar-refractivity contribution < 1.29 is 17.9 Å². The van der Waals surface area contributed by atoms with Gasteiger partial charge in [-0.3, -0.25) is 4.90 Å². The van der Waals surface area contributed by atoms with Crippen molar-refractivity contribution in [3.05, 3.63) is 77.9 Å². The van der Waals surface area contributed by atoms with E-state index in [-0.39, 0.29) is 0 Å². The van der Waals surface area contributed by atoms with Crippen molar-refractivity contribution in [2.45, 2.75) is 37.6 Å². The maximum atomic E-state index is 14.2. The molecule has 2 aliphatic rings. The molecule has 0 unspecified atom stereocenters. The van der Waals surface area contributed by atoms with Crippen LogP contribution in [0.3, 0.4) is 0 Å². The fourth-order valence-corrected chi connectivity index (χ4v) is 4.27. The predicted molar refractivity (Wildman–Crippen MR) is 103 cm³/mol. The summed E-state index contributed by atoms with van der Waals surface area (Å²) in [6.07, 6.45) is -0.616. The van der Waals surface area contributed by atoms with Crippen LogP contribution in [-0.4, -0.2) is 30.4 Å². The van der Waals surface area contributed by atoms with Crippen LogP contribution in [0.4, 0.5) is 13.2 Å². The lowest BCUT2D eigenvalue weighted by molar-refractivity contribution is -0.187. The van der Waals surface area contributed by atoms with Gasteiger partial charge in [0.1, 0.15) is 5.76 Å². The van der Waals surface area contributed by atoms with Crippen LogP contribution in [-0.2, 0) is 4.74 Å². The number of hydrogen-bond acceptors (Lipinski definition) is 2.